The van der Waals surface area contributed by atoms with Gasteiger partial charge >= 0.3 is 0 Å². The molecule has 0 atom stereocenters. The number of halogens is 1. The molecule has 1 aliphatic rings. The fourth-order valence-electron chi connectivity index (χ4n) is 2.13. The first-order chi connectivity index (χ1) is 9.54. The molecule has 0 saturated heterocycles. The lowest BCUT2D eigenvalue weighted by Gasteiger charge is -2.14. The van der Waals surface area contributed by atoms with E-state index in [1.54, 1.807) is 18.2 Å². The van der Waals surface area contributed by atoms with Crippen molar-refractivity contribution in [1.82, 2.24) is 0 Å². The smallest absolute Gasteiger partial charge is 0.223 e. The number of guanidine groups is 2. The number of nitrogens with two attached hydrogens (primary N) is 3. The lowest BCUT2D eigenvalue weighted by molar-refractivity contribution is 0.210. The van der Waals surface area contributed by atoms with Gasteiger partial charge in [-0.25, -0.2) is 4.99 Å². The van der Waals surface area contributed by atoms with Gasteiger partial charge in [0.05, 0.1) is 16.8 Å². The molecule has 0 amide bonds. The summed E-state index contributed by atoms with van der Waals surface area (Å²) >= 11 is 6.18. The molecule has 0 radical (unpaired) electrons. The molecular weight excluding hydrogens is 278 g/mol. The first kappa shape index (κ1) is 14.5. The summed E-state index contributed by atoms with van der Waals surface area (Å²) in [4.78, 5) is 7.67. The quantitative estimate of drug-likeness (QED) is 0.583. The highest BCUT2D eigenvalue weighted by Gasteiger charge is 2.17. The Hall–Kier alpha value is -1.95. The van der Waals surface area contributed by atoms with Gasteiger partial charge in [0.1, 0.15) is 5.75 Å². The highest BCUT2D eigenvalue weighted by Crippen LogP contribution is 2.32. The second-order valence-corrected chi connectivity index (χ2v) is 5.05. The van der Waals surface area contributed by atoms with Crippen LogP contribution in [0.15, 0.2) is 28.2 Å². The monoisotopic (exact) mass is 295 g/mol. The summed E-state index contributed by atoms with van der Waals surface area (Å²) in [5.74, 6) is 0.502. The summed E-state index contributed by atoms with van der Waals surface area (Å²) in [7, 11) is 0. The standard InChI is InChI=1S/C13H18ClN5O/c14-10-7-8(18-13(17)19-12(15)16)5-6-11(10)20-9-3-1-2-4-9/h5-7,9H,1-4H2,(H6,15,16,17,18,19). The molecule has 2 rings (SSSR count). The van der Waals surface area contributed by atoms with E-state index in [2.05, 4.69) is 9.98 Å². The molecule has 0 heterocycles. The minimum absolute atomic E-state index is 0.0227. The molecule has 1 aromatic rings. The number of rotatable bonds is 3. The third kappa shape index (κ3) is 4.03. The predicted molar refractivity (Wildman–Crippen MR) is 81.4 cm³/mol. The van der Waals surface area contributed by atoms with E-state index >= 15 is 0 Å². The number of hydrogen-bond donors (Lipinski definition) is 3. The third-order valence-electron chi connectivity index (χ3n) is 3.00. The largest absolute Gasteiger partial charge is 0.489 e. The predicted octanol–water partition coefficient (Wildman–Crippen LogP) is 1.88. The van der Waals surface area contributed by atoms with Crippen LogP contribution in [0.2, 0.25) is 5.02 Å². The van der Waals surface area contributed by atoms with Crippen molar-refractivity contribution in [3.05, 3.63) is 23.2 Å². The van der Waals surface area contributed by atoms with Gasteiger partial charge in [-0.05, 0) is 43.9 Å². The second kappa shape index (κ2) is 6.47. The van der Waals surface area contributed by atoms with E-state index in [0.717, 1.165) is 12.8 Å². The Morgan fingerprint density at radius 3 is 2.50 bits per heavy atom. The molecule has 6 N–H and O–H groups in total. The Morgan fingerprint density at radius 1 is 1.20 bits per heavy atom. The van der Waals surface area contributed by atoms with Crippen LogP contribution in [0.3, 0.4) is 0 Å². The fourth-order valence-corrected chi connectivity index (χ4v) is 2.35. The van der Waals surface area contributed by atoms with Gasteiger partial charge < -0.3 is 21.9 Å². The average molecular weight is 296 g/mol. The second-order valence-electron chi connectivity index (χ2n) is 4.65. The zero-order valence-electron chi connectivity index (χ0n) is 11.1. The van der Waals surface area contributed by atoms with Gasteiger partial charge in [-0.3, -0.25) is 0 Å². The number of nitrogens with zero attached hydrogens (tertiary/aromatic N) is 2. The van der Waals surface area contributed by atoms with Gasteiger partial charge in [-0.1, -0.05) is 11.6 Å². The van der Waals surface area contributed by atoms with E-state index in [9.17, 15) is 0 Å². The van der Waals surface area contributed by atoms with E-state index in [1.165, 1.54) is 12.8 Å². The van der Waals surface area contributed by atoms with Crippen molar-refractivity contribution in [3.63, 3.8) is 0 Å². The van der Waals surface area contributed by atoms with E-state index in [1.807, 2.05) is 0 Å². The molecule has 0 unspecified atom stereocenters. The zero-order valence-corrected chi connectivity index (χ0v) is 11.8. The van der Waals surface area contributed by atoms with Crippen LogP contribution < -0.4 is 21.9 Å². The molecule has 1 saturated carbocycles. The Kier molecular flexibility index (Phi) is 4.68. The van der Waals surface area contributed by atoms with Gasteiger partial charge in [0.25, 0.3) is 0 Å². The molecule has 0 bridgehead atoms. The number of benzene rings is 1. The average Bonchev–Trinajstić information content (AvgIpc) is 2.84. The van der Waals surface area contributed by atoms with Crippen LogP contribution in [0, 0.1) is 0 Å². The van der Waals surface area contributed by atoms with Gasteiger partial charge in [-0.15, -0.1) is 0 Å². The van der Waals surface area contributed by atoms with Gasteiger partial charge in [-0.2, -0.15) is 4.99 Å². The topological polar surface area (TPSA) is 112 Å². The summed E-state index contributed by atoms with van der Waals surface area (Å²) < 4.78 is 5.85. The molecule has 108 valence electrons. The van der Waals surface area contributed by atoms with Gasteiger partial charge in [0.15, 0.2) is 5.96 Å². The number of hydrogen-bond acceptors (Lipinski definition) is 2. The van der Waals surface area contributed by atoms with E-state index in [-0.39, 0.29) is 18.0 Å². The van der Waals surface area contributed by atoms with E-state index in [0.29, 0.717) is 16.5 Å². The van der Waals surface area contributed by atoms with Crippen molar-refractivity contribution in [2.24, 2.45) is 27.2 Å². The molecule has 0 aromatic heterocycles. The summed E-state index contributed by atoms with van der Waals surface area (Å²) in [6.07, 6.45) is 4.83. The van der Waals surface area contributed by atoms with Crippen molar-refractivity contribution < 1.29 is 4.74 Å². The molecule has 1 aromatic carbocycles. The molecule has 0 aliphatic heterocycles. The maximum Gasteiger partial charge on any atom is 0.223 e. The molecule has 1 fully saturated rings. The van der Waals surface area contributed by atoms with Crippen molar-refractivity contribution >= 4 is 29.2 Å². The lowest BCUT2D eigenvalue weighted by Crippen LogP contribution is -2.26. The first-order valence-electron chi connectivity index (χ1n) is 6.44. The number of ether oxygens (including phenoxy) is 1. The summed E-state index contributed by atoms with van der Waals surface area (Å²) in [6, 6.07) is 5.20. The van der Waals surface area contributed by atoms with Crippen LogP contribution in [0.25, 0.3) is 0 Å². The number of aliphatic imine (C=N–C) groups is 2. The van der Waals surface area contributed by atoms with Crippen LogP contribution in [-0.2, 0) is 0 Å². The first-order valence-corrected chi connectivity index (χ1v) is 6.82. The summed E-state index contributed by atoms with van der Waals surface area (Å²) in [5, 5.41) is 0.496. The van der Waals surface area contributed by atoms with Crippen LogP contribution >= 0.6 is 11.6 Å². The highest BCUT2D eigenvalue weighted by atomic mass is 35.5. The SMILES string of the molecule is NC(N)=NC(N)=Nc1ccc(OC2CCCC2)c(Cl)c1. The maximum absolute atomic E-state index is 6.18. The summed E-state index contributed by atoms with van der Waals surface area (Å²) in [6.45, 7) is 0. The summed E-state index contributed by atoms with van der Waals surface area (Å²) in [5.41, 5.74) is 16.5. The zero-order chi connectivity index (χ0) is 14.5. The van der Waals surface area contributed by atoms with Gasteiger partial charge in [0, 0.05) is 0 Å². The van der Waals surface area contributed by atoms with Crippen LogP contribution in [0.1, 0.15) is 25.7 Å². The fraction of sp³-hybridized carbons (Fsp3) is 0.385. The van der Waals surface area contributed by atoms with Crippen molar-refractivity contribution in [2.45, 2.75) is 31.8 Å². The molecule has 20 heavy (non-hydrogen) atoms. The van der Waals surface area contributed by atoms with Crippen molar-refractivity contribution in [3.8, 4) is 5.75 Å². The Morgan fingerprint density at radius 2 is 1.90 bits per heavy atom. The Bertz CT molecular complexity index is 534. The Balaban J connectivity index is 2.10. The van der Waals surface area contributed by atoms with E-state index < -0.39 is 0 Å². The normalized spacial score (nSPS) is 16.1. The van der Waals surface area contributed by atoms with E-state index in [4.69, 9.17) is 33.5 Å². The molecule has 6 nitrogen and oxygen atoms in total. The minimum Gasteiger partial charge on any atom is -0.489 e. The lowest BCUT2D eigenvalue weighted by atomic mass is 10.3. The van der Waals surface area contributed by atoms with Gasteiger partial charge in [0.2, 0.25) is 5.96 Å². The molecular formula is C13H18ClN5O. The highest BCUT2D eigenvalue weighted by molar-refractivity contribution is 6.32. The van der Waals surface area contributed by atoms with Crippen molar-refractivity contribution in [2.75, 3.05) is 0 Å². The van der Waals surface area contributed by atoms with Crippen molar-refractivity contribution in [1.29, 1.82) is 0 Å². The third-order valence-corrected chi connectivity index (χ3v) is 3.29. The van der Waals surface area contributed by atoms with Crippen LogP contribution in [0.4, 0.5) is 5.69 Å². The molecule has 1 aliphatic carbocycles. The Labute approximate surface area is 122 Å². The van der Waals surface area contributed by atoms with Crippen LogP contribution in [0.5, 0.6) is 5.75 Å². The molecule has 7 heteroatoms. The molecule has 0 spiro atoms. The minimum atomic E-state index is -0.140. The van der Waals surface area contributed by atoms with Crippen LogP contribution in [-0.4, -0.2) is 18.0 Å². The maximum atomic E-state index is 6.18.